The molecule has 210 valence electrons. The number of hydrogen-bond donors (Lipinski definition) is 3. The summed E-state index contributed by atoms with van der Waals surface area (Å²) >= 11 is 0.733. The fraction of sp³-hybridized carbons (Fsp3) is 0.333. The molecule has 13 heteroatoms. The molecule has 1 fully saturated rings. The number of nitrogen functional groups attached to an aromatic ring is 1. The van der Waals surface area contributed by atoms with Crippen LogP contribution in [0.3, 0.4) is 0 Å². The molecule has 2 heterocycles. The second kappa shape index (κ2) is 11.3. The van der Waals surface area contributed by atoms with E-state index in [1.807, 2.05) is 0 Å². The van der Waals surface area contributed by atoms with Crippen LogP contribution in [0.5, 0.6) is 23.0 Å². The van der Waals surface area contributed by atoms with Gasteiger partial charge in [-0.05, 0) is 54.2 Å². The maximum atomic E-state index is 14.3. The Morgan fingerprint density at radius 1 is 1.05 bits per heavy atom. The highest BCUT2D eigenvalue weighted by molar-refractivity contribution is 7.09. The number of ether oxygens (including phenoxy) is 4. The van der Waals surface area contributed by atoms with Gasteiger partial charge in [0.05, 0.1) is 19.9 Å². The van der Waals surface area contributed by atoms with Crippen LogP contribution in [0.2, 0.25) is 0 Å². The van der Waals surface area contributed by atoms with Crippen molar-refractivity contribution >= 4 is 40.6 Å². The van der Waals surface area contributed by atoms with Gasteiger partial charge in [-0.3, -0.25) is 19.3 Å². The molecule has 1 aliphatic carbocycles. The van der Waals surface area contributed by atoms with Crippen molar-refractivity contribution < 1.29 is 33.3 Å². The number of carbonyl (C=O) groups excluding carboxylic acids is 3. The van der Waals surface area contributed by atoms with Crippen LogP contribution < -0.4 is 40.6 Å². The quantitative estimate of drug-likeness (QED) is 0.352. The van der Waals surface area contributed by atoms with Crippen molar-refractivity contribution in [3.63, 3.8) is 0 Å². The Morgan fingerprint density at radius 3 is 2.45 bits per heavy atom. The fourth-order valence-electron chi connectivity index (χ4n) is 4.95. The average molecular weight is 568 g/mol. The Labute approximate surface area is 234 Å². The highest BCUT2D eigenvalue weighted by Crippen LogP contribution is 2.41. The number of nitrogens with zero attached hydrogens (tertiary/aromatic N) is 2. The number of benzene rings is 2. The van der Waals surface area contributed by atoms with E-state index in [1.54, 1.807) is 36.4 Å². The first-order chi connectivity index (χ1) is 19.3. The van der Waals surface area contributed by atoms with E-state index in [0.717, 1.165) is 37.2 Å². The number of fused-ring (bicyclic) bond motifs is 1. The molecule has 3 aromatic rings. The Kier molecular flexibility index (Phi) is 7.65. The molecule has 40 heavy (non-hydrogen) atoms. The van der Waals surface area contributed by atoms with E-state index in [0.29, 0.717) is 34.2 Å². The van der Waals surface area contributed by atoms with Crippen LogP contribution in [0.1, 0.15) is 57.4 Å². The van der Waals surface area contributed by atoms with E-state index in [9.17, 15) is 14.4 Å². The Hall–Kier alpha value is -4.52. The molecule has 5 rings (SSSR count). The molecule has 1 aromatic heterocycles. The maximum absolute atomic E-state index is 14.3. The van der Waals surface area contributed by atoms with Gasteiger partial charge in [-0.25, -0.2) is 0 Å². The summed E-state index contributed by atoms with van der Waals surface area (Å²) in [5.74, 6) is -0.163. The van der Waals surface area contributed by atoms with Crippen molar-refractivity contribution in [2.24, 2.45) is 5.73 Å². The van der Waals surface area contributed by atoms with Gasteiger partial charge < -0.3 is 35.7 Å². The molecule has 0 unspecified atom stereocenters. The van der Waals surface area contributed by atoms with Gasteiger partial charge in [-0.1, -0.05) is 18.9 Å². The first kappa shape index (κ1) is 27.1. The third-order valence-corrected chi connectivity index (χ3v) is 7.79. The summed E-state index contributed by atoms with van der Waals surface area (Å²) in [7, 11) is 2.99. The lowest BCUT2D eigenvalue weighted by atomic mass is 10.0. The zero-order valence-corrected chi connectivity index (χ0v) is 22.8. The third-order valence-electron chi connectivity index (χ3n) is 6.94. The minimum atomic E-state index is -1.17. The standard InChI is InChI=1S/C27H29N5O7S/c1-36-17-9-7-14(11-19(17)37-2)23(26(34)30-15-5-3-4-6-15)32(16-8-10-18-20(12-16)39-13-38-18)27(35)24-21(28)22(25(29)33)31-40-24/h7-12,15,23H,3-6,13,28H2,1-2H3,(H2,29,33)(H,30,34)/t23-/m1/s1. The lowest BCUT2D eigenvalue weighted by Crippen LogP contribution is -2.46. The summed E-state index contributed by atoms with van der Waals surface area (Å²) < 4.78 is 25.9. The minimum Gasteiger partial charge on any atom is -0.493 e. The Morgan fingerprint density at radius 2 is 1.77 bits per heavy atom. The van der Waals surface area contributed by atoms with Crippen molar-refractivity contribution in [2.45, 2.75) is 37.8 Å². The van der Waals surface area contributed by atoms with E-state index in [-0.39, 0.29) is 29.1 Å². The van der Waals surface area contributed by atoms with Crippen molar-refractivity contribution in [2.75, 3.05) is 31.6 Å². The van der Waals surface area contributed by atoms with E-state index >= 15 is 0 Å². The molecular formula is C27H29N5O7S. The van der Waals surface area contributed by atoms with E-state index in [2.05, 4.69) is 9.69 Å². The Balaban J connectivity index is 1.68. The molecule has 0 spiro atoms. The Bertz CT molecular complexity index is 1450. The molecule has 2 aliphatic rings. The summed E-state index contributed by atoms with van der Waals surface area (Å²) in [6.07, 6.45) is 3.69. The molecular weight excluding hydrogens is 538 g/mol. The molecule has 2 aromatic carbocycles. The second-order valence-electron chi connectivity index (χ2n) is 9.36. The van der Waals surface area contributed by atoms with Gasteiger partial charge in [0.2, 0.25) is 12.7 Å². The fourth-order valence-corrected chi connectivity index (χ4v) is 5.69. The zero-order valence-electron chi connectivity index (χ0n) is 22.0. The molecule has 1 aliphatic heterocycles. The van der Waals surface area contributed by atoms with Crippen LogP contribution in [0, 0.1) is 0 Å². The van der Waals surface area contributed by atoms with Gasteiger partial charge in [-0.15, -0.1) is 0 Å². The van der Waals surface area contributed by atoms with E-state index < -0.39 is 23.8 Å². The number of amides is 3. The predicted octanol–water partition coefficient (Wildman–Crippen LogP) is 3.02. The zero-order chi connectivity index (χ0) is 28.4. The van der Waals surface area contributed by atoms with Crippen molar-refractivity contribution in [3.05, 3.63) is 52.5 Å². The number of nitrogens with one attached hydrogen (secondary N) is 1. The van der Waals surface area contributed by atoms with Gasteiger partial charge >= 0.3 is 0 Å². The molecule has 0 saturated heterocycles. The van der Waals surface area contributed by atoms with Gasteiger partial charge in [0.15, 0.2) is 28.7 Å². The third kappa shape index (κ3) is 5.07. The van der Waals surface area contributed by atoms with Gasteiger partial charge in [-0.2, -0.15) is 4.37 Å². The minimum absolute atomic E-state index is 0.0256. The van der Waals surface area contributed by atoms with Crippen LogP contribution in [0.25, 0.3) is 0 Å². The number of methoxy groups -OCH3 is 2. The molecule has 3 amide bonds. The summed E-state index contributed by atoms with van der Waals surface area (Å²) in [5.41, 5.74) is 12.0. The monoisotopic (exact) mass is 567 g/mol. The number of nitrogens with two attached hydrogens (primary N) is 2. The smallest absolute Gasteiger partial charge is 0.273 e. The predicted molar refractivity (Wildman–Crippen MR) is 147 cm³/mol. The van der Waals surface area contributed by atoms with Gasteiger partial charge in [0, 0.05) is 17.8 Å². The highest BCUT2D eigenvalue weighted by Gasteiger charge is 2.38. The number of carbonyl (C=O) groups is 3. The number of anilines is 2. The largest absolute Gasteiger partial charge is 0.493 e. The lowest BCUT2D eigenvalue weighted by Gasteiger charge is -2.32. The number of hydrogen-bond acceptors (Lipinski definition) is 10. The first-order valence-electron chi connectivity index (χ1n) is 12.6. The van der Waals surface area contributed by atoms with Crippen LogP contribution in [-0.4, -0.2) is 49.1 Å². The SMILES string of the molecule is COc1ccc([C@H](C(=O)NC2CCCC2)N(C(=O)c2snc(C(N)=O)c2N)c2ccc3c(c2)OCO3)cc1OC. The summed E-state index contributed by atoms with van der Waals surface area (Å²) in [6, 6.07) is 8.72. The van der Waals surface area contributed by atoms with Crippen molar-refractivity contribution in [1.82, 2.24) is 9.69 Å². The van der Waals surface area contributed by atoms with Gasteiger partial charge in [0.25, 0.3) is 11.8 Å². The summed E-state index contributed by atoms with van der Waals surface area (Å²) in [6.45, 7) is 0.0256. The summed E-state index contributed by atoms with van der Waals surface area (Å²) in [5, 5.41) is 3.11. The van der Waals surface area contributed by atoms with Crippen molar-refractivity contribution in [3.8, 4) is 23.0 Å². The van der Waals surface area contributed by atoms with E-state index in [1.165, 1.54) is 19.1 Å². The van der Waals surface area contributed by atoms with Crippen molar-refractivity contribution in [1.29, 1.82) is 0 Å². The maximum Gasteiger partial charge on any atom is 0.273 e. The van der Waals surface area contributed by atoms with E-state index in [4.69, 9.17) is 30.4 Å². The second-order valence-corrected chi connectivity index (χ2v) is 10.1. The van der Waals surface area contributed by atoms with Crippen LogP contribution in [0.4, 0.5) is 11.4 Å². The molecule has 0 radical (unpaired) electrons. The molecule has 1 atom stereocenters. The van der Waals surface area contributed by atoms with Gasteiger partial charge in [0.1, 0.15) is 10.9 Å². The van der Waals surface area contributed by atoms with Crippen LogP contribution >= 0.6 is 11.5 Å². The molecule has 1 saturated carbocycles. The summed E-state index contributed by atoms with van der Waals surface area (Å²) in [4.78, 5) is 41.5. The first-order valence-corrected chi connectivity index (χ1v) is 13.4. The lowest BCUT2D eigenvalue weighted by molar-refractivity contribution is -0.123. The molecule has 5 N–H and O–H groups in total. The number of rotatable bonds is 9. The molecule has 0 bridgehead atoms. The molecule has 12 nitrogen and oxygen atoms in total. The number of primary amides is 1. The normalized spacial score (nSPS) is 14.9. The van der Waals surface area contributed by atoms with Crippen LogP contribution in [-0.2, 0) is 4.79 Å². The average Bonchev–Trinajstić information content (AvgIpc) is 3.71. The topological polar surface area (TPSA) is 168 Å². The highest BCUT2D eigenvalue weighted by atomic mass is 32.1. The number of aromatic nitrogens is 1. The van der Waals surface area contributed by atoms with Crippen LogP contribution in [0.15, 0.2) is 36.4 Å².